The third kappa shape index (κ3) is 3.81. The average molecular weight is 209 g/mol. The molecule has 0 aromatic heterocycles. The van der Waals surface area contributed by atoms with Gasteiger partial charge in [-0.25, -0.2) is 0 Å². The van der Waals surface area contributed by atoms with Crippen LogP contribution in [-0.2, 0) is 0 Å². The highest BCUT2D eigenvalue weighted by Gasteiger charge is 2.23. The topological polar surface area (TPSA) is 39.1 Å². The molecule has 1 rings (SSSR count). The quantitative estimate of drug-likeness (QED) is 0.764. The Kier molecular flexibility index (Phi) is 5.07. The third-order valence-electron chi connectivity index (χ3n) is 3.51. The van der Waals surface area contributed by atoms with Crippen molar-refractivity contribution in [2.24, 2.45) is 5.92 Å². The number of likely N-dealkylation sites (N-methyl/N-ethyl adjacent to an activating group) is 2. The van der Waals surface area contributed by atoms with Gasteiger partial charge in [-0.1, -0.05) is 19.8 Å². The van der Waals surface area contributed by atoms with E-state index < -0.39 is 0 Å². The van der Waals surface area contributed by atoms with Gasteiger partial charge in [0.1, 0.15) is 6.04 Å². The Labute approximate surface area is 93.5 Å². The minimum atomic E-state index is -0.0350. The molecule has 3 heteroatoms. The van der Waals surface area contributed by atoms with Crippen LogP contribution in [0.2, 0.25) is 0 Å². The molecule has 86 valence electrons. The van der Waals surface area contributed by atoms with Crippen molar-refractivity contribution in [3.63, 3.8) is 0 Å². The lowest BCUT2D eigenvalue weighted by molar-refractivity contribution is 0.159. The Morgan fingerprint density at radius 2 is 2.27 bits per heavy atom. The molecule has 1 N–H and O–H groups in total. The minimum absolute atomic E-state index is 0.0350. The Hall–Kier alpha value is -0.590. The summed E-state index contributed by atoms with van der Waals surface area (Å²) in [5.74, 6) is 0.848. The predicted octanol–water partition coefficient (Wildman–Crippen LogP) is 1.61. The lowest BCUT2D eigenvalue weighted by Crippen LogP contribution is -2.43. The monoisotopic (exact) mass is 209 g/mol. The predicted molar refractivity (Wildman–Crippen MR) is 62.5 cm³/mol. The molecule has 1 aliphatic carbocycles. The van der Waals surface area contributed by atoms with E-state index in [0.717, 1.165) is 12.5 Å². The van der Waals surface area contributed by atoms with E-state index in [1.54, 1.807) is 0 Å². The first-order valence-corrected chi connectivity index (χ1v) is 5.94. The number of nitrogens with zero attached hydrogens (tertiary/aromatic N) is 2. The smallest absolute Gasteiger partial charge is 0.108 e. The standard InChI is InChI=1S/C12H23N3/c1-10-5-4-6-12(7-10)15(3)9-11(8-13)14-2/h10-12,14H,4-7,9H2,1-3H3. The van der Waals surface area contributed by atoms with Crippen molar-refractivity contribution >= 4 is 0 Å². The summed E-state index contributed by atoms with van der Waals surface area (Å²) in [4.78, 5) is 2.35. The van der Waals surface area contributed by atoms with E-state index in [1.807, 2.05) is 7.05 Å². The van der Waals surface area contributed by atoms with Crippen molar-refractivity contribution < 1.29 is 0 Å². The van der Waals surface area contributed by atoms with Gasteiger partial charge in [-0.3, -0.25) is 0 Å². The summed E-state index contributed by atoms with van der Waals surface area (Å²) >= 11 is 0. The fourth-order valence-electron chi connectivity index (χ4n) is 2.44. The molecule has 0 radical (unpaired) electrons. The van der Waals surface area contributed by atoms with Gasteiger partial charge in [-0.2, -0.15) is 5.26 Å². The van der Waals surface area contributed by atoms with Gasteiger partial charge in [0.25, 0.3) is 0 Å². The highest BCUT2D eigenvalue weighted by atomic mass is 15.1. The van der Waals surface area contributed by atoms with Gasteiger partial charge in [0.05, 0.1) is 6.07 Å². The van der Waals surface area contributed by atoms with Crippen molar-refractivity contribution in [2.75, 3.05) is 20.6 Å². The number of nitriles is 1. The molecule has 0 aromatic rings. The van der Waals surface area contributed by atoms with Crippen LogP contribution in [0.15, 0.2) is 0 Å². The highest BCUT2D eigenvalue weighted by Crippen LogP contribution is 2.26. The lowest BCUT2D eigenvalue weighted by atomic mass is 9.86. The van der Waals surface area contributed by atoms with Crippen LogP contribution in [0.1, 0.15) is 32.6 Å². The summed E-state index contributed by atoms with van der Waals surface area (Å²) in [7, 11) is 4.00. The molecule has 0 amide bonds. The number of hydrogen-bond acceptors (Lipinski definition) is 3. The van der Waals surface area contributed by atoms with E-state index in [-0.39, 0.29) is 6.04 Å². The first-order valence-electron chi connectivity index (χ1n) is 5.94. The maximum absolute atomic E-state index is 8.89. The van der Waals surface area contributed by atoms with Crippen LogP contribution in [0, 0.1) is 17.2 Å². The van der Waals surface area contributed by atoms with E-state index in [1.165, 1.54) is 25.7 Å². The van der Waals surface area contributed by atoms with Crippen LogP contribution < -0.4 is 5.32 Å². The van der Waals surface area contributed by atoms with E-state index in [4.69, 9.17) is 5.26 Å². The molecule has 0 aliphatic heterocycles. The Morgan fingerprint density at radius 3 is 2.80 bits per heavy atom. The second-order valence-corrected chi connectivity index (χ2v) is 4.84. The fourth-order valence-corrected chi connectivity index (χ4v) is 2.44. The van der Waals surface area contributed by atoms with Crippen molar-refractivity contribution in [3.05, 3.63) is 0 Å². The summed E-state index contributed by atoms with van der Waals surface area (Å²) in [6, 6.07) is 2.92. The van der Waals surface area contributed by atoms with E-state index in [0.29, 0.717) is 6.04 Å². The van der Waals surface area contributed by atoms with E-state index in [2.05, 4.69) is 30.3 Å². The molecule has 0 heterocycles. The molecule has 0 bridgehead atoms. The molecule has 1 aliphatic rings. The summed E-state index contributed by atoms with van der Waals surface area (Å²) in [5, 5.41) is 11.9. The highest BCUT2D eigenvalue weighted by molar-refractivity contribution is 4.92. The van der Waals surface area contributed by atoms with Crippen molar-refractivity contribution in [2.45, 2.75) is 44.7 Å². The van der Waals surface area contributed by atoms with Gasteiger partial charge in [0.15, 0.2) is 0 Å². The van der Waals surface area contributed by atoms with Crippen LogP contribution in [-0.4, -0.2) is 37.6 Å². The van der Waals surface area contributed by atoms with Gasteiger partial charge >= 0.3 is 0 Å². The number of rotatable bonds is 4. The molecule has 3 nitrogen and oxygen atoms in total. The molecular weight excluding hydrogens is 186 g/mol. The summed E-state index contributed by atoms with van der Waals surface area (Å²) < 4.78 is 0. The average Bonchev–Trinajstić information content (AvgIpc) is 2.25. The molecule has 15 heavy (non-hydrogen) atoms. The summed E-state index contributed by atoms with van der Waals surface area (Å²) in [5.41, 5.74) is 0. The number of nitrogens with one attached hydrogen (secondary N) is 1. The maximum atomic E-state index is 8.89. The Bertz CT molecular complexity index is 221. The summed E-state index contributed by atoms with van der Waals surface area (Å²) in [6.07, 6.45) is 5.30. The van der Waals surface area contributed by atoms with E-state index >= 15 is 0 Å². The van der Waals surface area contributed by atoms with Gasteiger partial charge < -0.3 is 10.2 Å². The number of hydrogen-bond donors (Lipinski definition) is 1. The summed E-state index contributed by atoms with van der Waals surface area (Å²) in [6.45, 7) is 3.17. The largest absolute Gasteiger partial charge is 0.304 e. The molecule has 0 spiro atoms. The van der Waals surface area contributed by atoms with Crippen molar-refractivity contribution in [1.29, 1.82) is 5.26 Å². The zero-order chi connectivity index (χ0) is 11.3. The molecular formula is C12H23N3. The van der Waals surface area contributed by atoms with Gasteiger partial charge in [-0.15, -0.1) is 0 Å². The minimum Gasteiger partial charge on any atom is -0.304 e. The van der Waals surface area contributed by atoms with Gasteiger partial charge in [0, 0.05) is 12.6 Å². The van der Waals surface area contributed by atoms with Crippen molar-refractivity contribution in [3.8, 4) is 6.07 Å². The van der Waals surface area contributed by atoms with Crippen LogP contribution in [0.4, 0.5) is 0 Å². The lowest BCUT2D eigenvalue weighted by Gasteiger charge is -2.34. The normalized spacial score (nSPS) is 28.7. The molecule has 3 atom stereocenters. The zero-order valence-electron chi connectivity index (χ0n) is 10.2. The van der Waals surface area contributed by atoms with Gasteiger partial charge in [-0.05, 0) is 32.9 Å². The molecule has 0 aromatic carbocycles. The molecule has 1 saturated carbocycles. The SMILES string of the molecule is CNC(C#N)CN(C)C1CCCC(C)C1. The van der Waals surface area contributed by atoms with E-state index in [9.17, 15) is 0 Å². The second kappa shape index (κ2) is 6.09. The Morgan fingerprint density at radius 1 is 1.53 bits per heavy atom. The van der Waals surface area contributed by atoms with Crippen LogP contribution in [0.25, 0.3) is 0 Å². The first kappa shape index (κ1) is 12.5. The van der Waals surface area contributed by atoms with Crippen LogP contribution >= 0.6 is 0 Å². The van der Waals surface area contributed by atoms with Crippen molar-refractivity contribution in [1.82, 2.24) is 10.2 Å². The van der Waals surface area contributed by atoms with Crippen LogP contribution in [0.3, 0.4) is 0 Å². The molecule has 1 fully saturated rings. The first-order chi connectivity index (χ1) is 7.17. The molecule has 3 unspecified atom stereocenters. The maximum Gasteiger partial charge on any atom is 0.108 e. The zero-order valence-corrected chi connectivity index (χ0v) is 10.2. The second-order valence-electron chi connectivity index (χ2n) is 4.84. The Balaban J connectivity index is 2.38. The molecule has 0 saturated heterocycles. The van der Waals surface area contributed by atoms with Crippen LogP contribution in [0.5, 0.6) is 0 Å². The fraction of sp³-hybridized carbons (Fsp3) is 0.917. The third-order valence-corrected chi connectivity index (χ3v) is 3.51. The van der Waals surface area contributed by atoms with Gasteiger partial charge in [0.2, 0.25) is 0 Å².